The molecule has 0 aliphatic carbocycles. The van der Waals surface area contributed by atoms with Gasteiger partial charge < -0.3 is 39.7 Å². The fraction of sp³-hybridized carbons (Fsp3) is 0. The average molecular weight is 325 g/mol. The van der Waals surface area contributed by atoms with Crippen molar-refractivity contribution in [1.29, 1.82) is 0 Å². The van der Waals surface area contributed by atoms with Crippen LogP contribution in [0, 0.1) is 0 Å². The van der Waals surface area contributed by atoms with Gasteiger partial charge in [-0.25, -0.2) is 0 Å². The number of carboxylic acid groups (broad SMARTS) is 2. The van der Waals surface area contributed by atoms with Gasteiger partial charge >= 0.3 is 21.1 Å². The molecule has 0 fully saturated rings. The van der Waals surface area contributed by atoms with Crippen molar-refractivity contribution in [2.24, 2.45) is 0 Å². The van der Waals surface area contributed by atoms with E-state index in [9.17, 15) is 0 Å². The quantitative estimate of drug-likeness (QED) is 0.460. The summed E-state index contributed by atoms with van der Waals surface area (Å²) in [6.07, 6.45) is -2.33. The molecule has 6 N–H and O–H groups in total. The first-order valence-corrected chi connectivity index (χ1v) is 0.612. The van der Waals surface area contributed by atoms with Crippen LogP contribution in [0.3, 0.4) is 0 Å². The van der Waals surface area contributed by atoms with Crippen LogP contribution in [0.15, 0.2) is 0 Å². The van der Waals surface area contributed by atoms with E-state index in [-0.39, 0.29) is 45.8 Å². The molecule has 5 nitrogen and oxygen atoms in total. The number of hydrogen-bond acceptors (Lipinski definition) is 5. The number of carbonyl (C=O) groups is 1. The topological polar surface area (TPSA) is 133 Å². The second-order valence-corrected chi connectivity index (χ2v) is 0.250. The Morgan fingerprint density at radius 3 is 1.12 bits per heavy atom. The number of carbonyl (C=O) groups excluding carboxylic acids is 1. The van der Waals surface area contributed by atoms with Crippen molar-refractivity contribution in [3.8, 4) is 0 Å². The van der Waals surface area contributed by atoms with E-state index in [1.54, 1.807) is 0 Å². The minimum absolute atomic E-state index is 0. The van der Waals surface area contributed by atoms with Crippen LogP contribution in [0.25, 0.3) is 0 Å². The first-order valence-electron chi connectivity index (χ1n) is 0.612. The molecule has 56 valence electrons. The Hall–Kier alpha value is 0.168. The van der Waals surface area contributed by atoms with Crippen molar-refractivity contribution in [1.82, 2.24) is 12.3 Å². The van der Waals surface area contributed by atoms with Gasteiger partial charge in [0.15, 0.2) is 0 Å². The molecule has 0 aliphatic rings. The summed E-state index contributed by atoms with van der Waals surface area (Å²) in [6, 6.07) is 0. The molecule has 0 rings (SSSR count). The Balaban J connectivity index is -0.00000000750. The third-order valence-corrected chi connectivity index (χ3v) is 0. The van der Waals surface area contributed by atoms with Gasteiger partial charge in [0.1, 0.15) is 0 Å². The molecular weight excluding hydrogens is 319 g/mol. The van der Waals surface area contributed by atoms with Gasteiger partial charge in [0, 0.05) is 0 Å². The zero-order valence-electron chi connectivity index (χ0n) is 3.83. The molecule has 0 aromatic rings. The molecule has 0 amide bonds. The van der Waals surface area contributed by atoms with Gasteiger partial charge in [0.2, 0.25) is 0 Å². The van der Waals surface area contributed by atoms with Crippen LogP contribution in [0.2, 0.25) is 0 Å². The molecule has 7 heteroatoms. The molecule has 0 saturated heterocycles. The van der Waals surface area contributed by atoms with Gasteiger partial charge in [-0.15, -0.1) is 0 Å². The maximum Gasteiger partial charge on any atom is 2.00 e. The summed E-state index contributed by atoms with van der Waals surface area (Å²) in [5.74, 6) is 0. The summed E-state index contributed by atoms with van der Waals surface area (Å²) < 4.78 is 0. The molecule has 0 saturated carbocycles. The maximum atomic E-state index is 8.33. The van der Waals surface area contributed by atoms with Gasteiger partial charge in [-0.1, -0.05) is 0 Å². The Labute approximate surface area is 67.3 Å². The zero-order valence-corrected chi connectivity index (χ0v) is 6.86. The van der Waals surface area contributed by atoms with Gasteiger partial charge in [0.25, 0.3) is 0 Å². The molecule has 0 radical (unpaired) electrons. The molecule has 0 bridgehead atoms. The second-order valence-electron chi connectivity index (χ2n) is 0.250. The van der Waals surface area contributed by atoms with E-state index in [0.717, 1.165) is 0 Å². The van der Waals surface area contributed by atoms with E-state index in [1.165, 1.54) is 0 Å². The second kappa shape index (κ2) is 27.2. The Morgan fingerprint density at radius 1 is 1.12 bits per heavy atom. The molecule has 0 atom stereocenters. The number of halogens is 1. The summed E-state index contributed by atoms with van der Waals surface area (Å²) in [5.41, 5.74) is 0. The summed E-state index contributed by atoms with van der Waals surface area (Å²) >= 11 is 0. The first-order chi connectivity index (χ1) is 1.73. The first kappa shape index (κ1) is 41.8. The molecule has 0 heterocycles. The Kier molecular flexibility index (Phi) is 142. The SMILES string of the molecule is N.N.O=C([O-])[O-].[Cl-].[Pt+2]. The van der Waals surface area contributed by atoms with E-state index in [1.807, 2.05) is 0 Å². The van der Waals surface area contributed by atoms with Crippen LogP contribution >= 0.6 is 0 Å². The van der Waals surface area contributed by atoms with Crippen molar-refractivity contribution in [2.45, 2.75) is 0 Å². The van der Waals surface area contributed by atoms with Crippen LogP contribution in [-0.2, 0) is 21.1 Å². The average Bonchev–Trinajstić information content (AvgIpc) is 0.811. The van der Waals surface area contributed by atoms with E-state index >= 15 is 0 Å². The third kappa shape index (κ3) is 5820. The van der Waals surface area contributed by atoms with E-state index in [4.69, 9.17) is 15.0 Å². The molecule has 0 aromatic carbocycles. The Bertz CT molecular complexity index is 40.3. The third-order valence-electron chi connectivity index (χ3n) is 0. The molecule has 0 aliphatic heterocycles. The normalized spacial score (nSPS) is 3.00. The predicted octanol–water partition coefficient (Wildman–Crippen LogP) is -5.12. The predicted molar refractivity (Wildman–Crippen MR) is 15.4 cm³/mol. The largest absolute Gasteiger partial charge is 2.00 e. The molecule has 0 unspecified atom stereocenters. The summed E-state index contributed by atoms with van der Waals surface area (Å²) in [4.78, 5) is 8.33. The van der Waals surface area contributed by atoms with Crippen molar-refractivity contribution in [3.63, 3.8) is 0 Å². The molecule has 0 spiro atoms. The van der Waals surface area contributed by atoms with Gasteiger partial charge in [0.05, 0.1) is 0 Å². The number of hydrogen-bond donors (Lipinski definition) is 2. The van der Waals surface area contributed by atoms with Crippen LogP contribution in [0.4, 0.5) is 4.79 Å². The van der Waals surface area contributed by atoms with Crippen molar-refractivity contribution in [3.05, 3.63) is 0 Å². The summed E-state index contributed by atoms with van der Waals surface area (Å²) in [7, 11) is 0. The Morgan fingerprint density at radius 2 is 1.12 bits per heavy atom. The molecular formula is CH6ClN2O3Pt-. The van der Waals surface area contributed by atoms with Gasteiger partial charge in [-0.2, -0.15) is 0 Å². The monoisotopic (exact) mass is 324 g/mol. The zero-order chi connectivity index (χ0) is 3.58. The van der Waals surface area contributed by atoms with Crippen LogP contribution in [0.5, 0.6) is 0 Å². The van der Waals surface area contributed by atoms with Crippen LogP contribution in [-0.4, -0.2) is 6.16 Å². The van der Waals surface area contributed by atoms with Crippen LogP contribution in [0.1, 0.15) is 0 Å². The fourth-order valence-corrected chi connectivity index (χ4v) is 0. The van der Waals surface area contributed by atoms with Crippen molar-refractivity contribution < 1.29 is 48.5 Å². The summed E-state index contributed by atoms with van der Waals surface area (Å²) in [5, 5.41) is 16.7. The van der Waals surface area contributed by atoms with Crippen molar-refractivity contribution >= 4 is 6.16 Å². The van der Waals surface area contributed by atoms with E-state index < -0.39 is 6.16 Å². The summed E-state index contributed by atoms with van der Waals surface area (Å²) in [6.45, 7) is 0. The van der Waals surface area contributed by atoms with E-state index in [2.05, 4.69) is 0 Å². The minimum atomic E-state index is -2.33. The molecule has 0 aromatic heterocycles. The minimum Gasteiger partial charge on any atom is -1.00 e. The van der Waals surface area contributed by atoms with Gasteiger partial charge in [-0.3, -0.25) is 0 Å². The molecule has 8 heavy (non-hydrogen) atoms. The van der Waals surface area contributed by atoms with Gasteiger partial charge in [-0.05, 0) is 6.16 Å². The van der Waals surface area contributed by atoms with E-state index in [0.29, 0.717) is 0 Å². The standard InChI is InChI=1S/CH2O3.ClH.2H3N.Pt/c2-1(3)4;;;;/h(H2,2,3,4);1H;2*1H3;/q;;;;+2/p-3. The fourth-order valence-electron chi connectivity index (χ4n) is 0. The van der Waals surface area contributed by atoms with Crippen molar-refractivity contribution in [2.75, 3.05) is 0 Å². The maximum absolute atomic E-state index is 8.33. The van der Waals surface area contributed by atoms with Crippen LogP contribution < -0.4 is 34.9 Å². The number of rotatable bonds is 0. The smallest absolute Gasteiger partial charge is 1.00 e.